The number of amides is 2. The van der Waals surface area contributed by atoms with Gasteiger partial charge in [0.15, 0.2) is 11.5 Å². The van der Waals surface area contributed by atoms with Gasteiger partial charge in [-0.2, -0.15) is 0 Å². The molecule has 0 aliphatic rings. The highest BCUT2D eigenvalue weighted by atomic mass is 16.5. The summed E-state index contributed by atoms with van der Waals surface area (Å²) < 4.78 is 5.58. The summed E-state index contributed by atoms with van der Waals surface area (Å²) in [6.07, 6.45) is 0. The third kappa shape index (κ3) is 4.24. The lowest BCUT2D eigenvalue weighted by Gasteiger charge is -2.10. The van der Waals surface area contributed by atoms with Gasteiger partial charge in [0.25, 0.3) is 0 Å². The number of phenols is 1. The third-order valence-electron chi connectivity index (χ3n) is 2.68. The minimum Gasteiger partial charge on any atom is -0.504 e. The van der Waals surface area contributed by atoms with Crippen LogP contribution < -0.4 is 15.4 Å². The van der Waals surface area contributed by atoms with Gasteiger partial charge >= 0.3 is 0 Å². The molecule has 2 aromatic carbocycles. The highest BCUT2D eigenvalue weighted by molar-refractivity contribution is 5.89. The van der Waals surface area contributed by atoms with Crippen molar-refractivity contribution in [1.82, 2.24) is 0 Å². The van der Waals surface area contributed by atoms with Gasteiger partial charge in [-0.25, -0.2) is 0 Å². The molecule has 0 aliphatic carbocycles. The normalized spacial score (nSPS) is 9.91. The molecule has 3 N–H and O–H groups in total. The first kappa shape index (κ1) is 15.4. The van der Waals surface area contributed by atoms with Crippen molar-refractivity contribution in [1.29, 1.82) is 0 Å². The number of rotatable bonds is 4. The number of carbonyl (C=O) groups excluding carboxylic acids is 2. The van der Waals surface area contributed by atoms with Gasteiger partial charge in [0, 0.05) is 31.3 Å². The van der Waals surface area contributed by atoms with Crippen molar-refractivity contribution in [2.45, 2.75) is 13.8 Å². The van der Waals surface area contributed by atoms with Crippen molar-refractivity contribution in [3.63, 3.8) is 0 Å². The Balaban J connectivity index is 2.15. The van der Waals surface area contributed by atoms with Crippen molar-refractivity contribution in [3.05, 3.63) is 42.5 Å². The van der Waals surface area contributed by atoms with E-state index in [1.165, 1.54) is 26.0 Å². The van der Waals surface area contributed by atoms with Crippen molar-refractivity contribution in [3.8, 4) is 17.2 Å². The number of carbonyl (C=O) groups is 2. The van der Waals surface area contributed by atoms with Gasteiger partial charge < -0.3 is 20.5 Å². The summed E-state index contributed by atoms with van der Waals surface area (Å²) in [4.78, 5) is 22.0. The maximum atomic E-state index is 11.0. The van der Waals surface area contributed by atoms with E-state index in [4.69, 9.17) is 4.74 Å². The number of ether oxygens (including phenoxy) is 1. The van der Waals surface area contributed by atoms with Gasteiger partial charge in [-0.3, -0.25) is 9.59 Å². The quantitative estimate of drug-likeness (QED) is 0.757. The average molecular weight is 300 g/mol. The van der Waals surface area contributed by atoms with Crippen LogP contribution in [-0.2, 0) is 9.59 Å². The molecule has 6 heteroatoms. The molecule has 0 atom stereocenters. The van der Waals surface area contributed by atoms with Gasteiger partial charge in [-0.15, -0.1) is 0 Å². The van der Waals surface area contributed by atoms with Crippen LogP contribution in [-0.4, -0.2) is 16.9 Å². The lowest BCUT2D eigenvalue weighted by Crippen LogP contribution is -2.05. The van der Waals surface area contributed by atoms with Crippen LogP contribution in [0.2, 0.25) is 0 Å². The van der Waals surface area contributed by atoms with Gasteiger partial charge in [-0.05, 0) is 36.4 Å². The lowest BCUT2D eigenvalue weighted by molar-refractivity contribution is -0.115. The molecule has 0 bridgehead atoms. The van der Waals surface area contributed by atoms with E-state index in [-0.39, 0.29) is 23.3 Å². The molecule has 0 aromatic heterocycles. The smallest absolute Gasteiger partial charge is 0.221 e. The number of phenolic OH excluding ortho intramolecular Hbond substituents is 1. The Morgan fingerprint density at radius 1 is 0.909 bits per heavy atom. The number of anilines is 2. The van der Waals surface area contributed by atoms with Crippen LogP contribution in [0.25, 0.3) is 0 Å². The van der Waals surface area contributed by atoms with E-state index in [1.807, 2.05) is 0 Å². The van der Waals surface area contributed by atoms with Crippen molar-refractivity contribution in [2.75, 3.05) is 10.6 Å². The van der Waals surface area contributed by atoms with Crippen LogP contribution >= 0.6 is 0 Å². The van der Waals surface area contributed by atoms with E-state index in [0.717, 1.165) is 0 Å². The minimum atomic E-state index is -0.212. The molecule has 2 rings (SSSR count). The Hall–Kier alpha value is -3.02. The van der Waals surface area contributed by atoms with E-state index < -0.39 is 0 Å². The number of hydrogen-bond donors (Lipinski definition) is 3. The Morgan fingerprint density at radius 3 is 2.05 bits per heavy atom. The predicted octanol–water partition coefficient (Wildman–Crippen LogP) is 3.10. The fourth-order valence-electron chi connectivity index (χ4n) is 1.81. The van der Waals surface area contributed by atoms with E-state index >= 15 is 0 Å². The van der Waals surface area contributed by atoms with Gasteiger partial charge in [0.1, 0.15) is 5.75 Å². The topological polar surface area (TPSA) is 87.7 Å². The second-order valence-corrected chi connectivity index (χ2v) is 4.67. The molecule has 114 valence electrons. The Labute approximate surface area is 127 Å². The number of hydrogen-bond acceptors (Lipinski definition) is 4. The van der Waals surface area contributed by atoms with Crippen LogP contribution in [0.1, 0.15) is 13.8 Å². The first-order valence-corrected chi connectivity index (χ1v) is 6.60. The largest absolute Gasteiger partial charge is 0.504 e. The highest BCUT2D eigenvalue weighted by Gasteiger charge is 2.07. The predicted molar refractivity (Wildman–Crippen MR) is 83.2 cm³/mol. The maximum absolute atomic E-state index is 11.0. The Kier molecular flexibility index (Phi) is 4.63. The molecule has 0 unspecified atom stereocenters. The molecule has 22 heavy (non-hydrogen) atoms. The highest BCUT2D eigenvalue weighted by Crippen LogP contribution is 2.33. The van der Waals surface area contributed by atoms with Gasteiger partial charge in [-0.1, -0.05) is 0 Å². The van der Waals surface area contributed by atoms with E-state index in [2.05, 4.69) is 10.6 Å². The first-order valence-electron chi connectivity index (χ1n) is 6.60. The first-order chi connectivity index (χ1) is 10.4. The summed E-state index contributed by atoms with van der Waals surface area (Å²) in [5.74, 6) is 0.300. The summed E-state index contributed by atoms with van der Waals surface area (Å²) in [6.45, 7) is 2.82. The molecule has 2 aromatic rings. The van der Waals surface area contributed by atoms with E-state index in [0.29, 0.717) is 17.1 Å². The molecule has 0 saturated heterocycles. The second-order valence-electron chi connectivity index (χ2n) is 4.67. The van der Waals surface area contributed by atoms with Gasteiger partial charge in [0.2, 0.25) is 11.8 Å². The fraction of sp³-hybridized carbons (Fsp3) is 0.125. The molecule has 0 heterocycles. The zero-order chi connectivity index (χ0) is 16.1. The molecule has 0 spiro atoms. The molecule has 0 fully saturated rings. The van der Waals surface area contributed by atoms with Gasteiger partial charge in [0.05, 0.1) is 0 Å². The van der Waals surface area contributed by atoms with Crippen LogP contribution in [0, 0.1) is 0 Å². The molecule has 0 saturated carbocycles. The van der Waals surface area contributed by atoms with Crippen LogP contribution in [0.5, 0.6) is 17.2 Å². The lowest BCUT2D eigenvalue weighted by atomic mass is 10.2. The zero-order valence-electron chi connectivity index (χ0n) is 12.2. The summed E-state index contributed by atoms with van der Waals surface area (Å²) >= 11 is 0. The SMILES string of the molecule is CC(=O)Nc1ccc(Oc2cc(NC(C)=O)ccc2O)cc1. The number of nitrogens with one attached hydrogen (secondary N) is 2. The summed E-state index contributed by atoms with van der Waals surface area (Å²) in [5, 5.41) is 15.1. The third-order valence-corrected chi connectivity index (χ3v) is 2.68. The molecule has 0 aliphatic heterocycles. The fourth-order valence-corrected chi connectivity index (χ4v) is 1.81. The maximum Gasteiger partial charge on any atom is 0.221 e. The Bertz CT molecular complexity index is 696. The second kappa shape index (κ2) is 6.62. The van der Waals surface area contributed by atoms with Crippen molar-refractivity contribution >= 4 is 23.2 Å². The molecular weight excluding hydrogens is 284 g/mol. The Morgan fingerprint density at radius 2 is 1.45 bits per heavy atom. The zero-order valence-corrected chi connectivity index (χ0v) is 12.2. The number of benzene rings is 2. The summed E-state index contributed by atoms with van der Waals surface area (Å²) in [6, 6.07) is 11.2. The summed E-state index contributed by atoms with van der Waals surface area (Å²) in [5.41, 5.74) is 1.17. The average Bonchev–Trinajstić information content (AvgIpc) is 2.43. The van der Waals surface area contributed by atoms with E-state index in [1.54, 1.807) is 30.3 Å². The minimum absolute atomic E-state index is 0.0416. The molecule has 2 amide bonds. The molecule has 0 radical (unpaired) electrons. The monoisotopic (exact) mass is 300 g/mol. The van der Waals surface area contributed by atoms with Crippen LogP contribution in [0.15, 0.2) is 42.5 Å². The van der Waals surface area contributed by atoms with Crippen LogP contribution in [0.3, 0.4) is 0 Å². The molecular formula is C16H16N2O4. The van der Waals surface area contributed by atoms with Crippen molar-refractivity contribution in [2.24, 2.45) is 0 Å². The van der Waals surface area contributed by atoms with Crippen molar-refractivity contribution < 1.29 is 19.4 Å². The van der Waals surface area contributed by atoms with Crippen LogP contribution in [0.4, 0.5) is 11.4 Å². The van der Waals surface area contributed by atoms with E-state index in [9.17, 15) is 14.7 Å². The number of aromatic hydroxyl groups is 1. The molecule has 6 nitrogen and oxygen atoms in total. The summed E-state index contributed by atoms with van der Waals surface area (Å²) in [7, 11) is 0. The standard InChI is InChI=1S/C16H16N2O4/c1-10(19)17-12-3-6-14(7-4-12)22-16-9-13(18-11(2)20)5-8-15(16)21/h3-9,21H,1-2H3,(H,17,19)(H,18,20).